The van der Waals surface area contributed by atoms with E-state index >= 15 is 0 Å². The fourth-order valence-corrected chi connectivity index (χ4v) is 4.27. The second-order valence-corrected chi connectivity index (χ2v) is 8.37. The maximum absolute atomic E-state index is 6.30. The number of ether oxygens (including phenoxy) is 1. The number of nitrogens with zero attached hydrogens (tertiary/aromatic N) is 5. The summed E-state index contributed by atoms with van der Waals surface area (Å²) in [7, 11) is 1.80. The van der Waals surface area contributed by atoms with Crippen molar-refractivity contribution in [1.29, 1.82) is 0 Å². The minimum absolute atomic E-state index is 0.229. The standard InChI is InChI=1S/C22H30ClN7O/c1-16-14-29(10-11-31-16)20-12-17(5-8-25-20)13-27-22(24-2)28-18-6-9-30(15-18)21-19(23)4-3-7-26-21/h3-5,7-8,12,16,18H,6,9-11,13-15H2,1-2H3,(H2,24,27,28). The van der Waals surface area contributed by atoms with Crippen LogP contribution in [0.25, 0.3) is 0 Å². The molecule has 2 unspecified atom stereocenters. The molecule has 0 saturated carbocycles. The van der Waals surface area contributed by atoms with Gasteiger partial charge >= 0.3 is 0 Å². The van der Waals surface area contributed by atoms with Crippen molar-refractivity contribution >= 4 is 29.2 Å². The Kier molecular flexibility index (Phi) is 7.09. The highest BCUT2D eigenvalue weighted by atomic mass is 35.5. The van der Waals surface area contributed by atoms with E-state index < -0.39 is 0 Å². The lowest BCUT2D eigenvalue weighted by atomic mass is 10.2. The van der Waals surface area contributed by atoms with E-state index in [9.17, 15) is 0 Å². The number of morpholine rings is 1. The van der Waals surface area contributed by atoms with Crippen LogP contribution < -0.4 is 20.4 Å². The first-order valence-corrected chi connectivity index (χ1v) is 11.1. The molecule has 8 nitrogen and oxygen atoms in total. The molecule has 166 valence electrons. The van der Waals surface area contributed by atoms with E-state index in [-0.39, 0.29) is 12.1 Å². The Morgan fingerprint density at radius 3 is 2.94 bits per heavy atom. The molecule has 2 fully saturated rings. The largest absolute Gasteiger partial charge is 0.375 e. The summed E-state index contributed by atoms with van der Waals surface area (Å²) in [6.45, 7) is 7.01. The van der Waals surface area contributed by atoms with Crippen molar-refractivity contribution in [3.05, 3.63) is 47.2 Å². The van der Waals surface area contributed by atoms with E-state index in [0.29, 0.717) is 11.6 Å². The van der Waals surface area contributed by atoms with Crippen molar-refractivity contribution in [1.82, 2.24) is 20.6 Å². The Morgan fingerprint density at radius 1 is 1.23 bits per heavy atom. The van der Waals surface area contributed by atoms with Crippen molar-refractivity contribution in [2.45, 2.75) is 32.0 Å². The smallest absolute Gasteiger partial charge is 0.191 e. The molecule has 4 rings (SSSR count). The van der Waals surface area contributed by atoms with Crippen LogP contribution in [-0.4, -0.2) is 67.9 Å². The number of nitrogens with one attached hydrogen (secondary N) is 2. The molecule has 0 spiro atoms. The van der Waals surface area contributed by atoms with Gasteiger partial charge < -0.3 is 25.2 Å². The second-order valence-electron chi connectivity index (χ2n) is 7.96. The van der Waals surface area contributed by atoms with Gasteiger partial charge in [-0.3, -0.25) is 4.99 Å². The lowest BCUT2D eigenvalue weighted by Gasteiger charge is -2.32. The molecule has 2 saturated heterocycles. The maximum Gasteiger partial charge on any atom is 0.191 e. The predicted molar refractivity (Wildman–Crippen MR) is 125 cm³/mol. The van der Waals surface area contributed by atoms with Gasteiger partial charge in [0.2, 0.25) is 0 Å². The summed E-state index contributed by atoms with van der Waals surface area (Å²) < 4.78 is 5.64. The zero-order valence-corrected chi connectivity index (χ0v) is 18.8. The molecular weight excluding hydrogens is 414 g/mol. The van der Waals surface area contributed by atoms with Gasteiger partial charge in [0.25, 0.3) is 0 Å². The molecule has 4 heterocycles. The van der Waals surface area contributed by atoms with Crippen LogP contribution in [0.1, 0.15) is 18.9 Å². The molecule has 0 radical (unpaired) electrons. The number of anilines is 2. The van der Waals surface area contributed by atoms with Gasteiger partial charge in [-0.2, -0.15) is 0 Å². The van der Waals surface area contributed by atoms with Gasteiger partial charge in [0.05, 0.1) is 17.7 Å². The lowest BCUT2D eigenvalue weighted by molar-refractivity contribution is 0.0529. The molecule has 2 aliphatic heterocycles. The maximum atomic E-state index is 6.30. The van der Waals surface area contributed by atoms with Crippen LogP contribution in [0.3, 0.4) is 0 Å². The number of hydrogen-bond donors (Lipinski definition) is 2. The van der Waals surface area contributed by atoms with E-state index in [4.69, 9.17) is 16.3 Å². The Morgan fingerprint density at radius 2 is 2.13 bits per heavy atom. The third-order valence-electron chi connectivity index (χ3n) is 5.63. The first-order valence-electron chi connectivity index (χ1n) is 10.8. The van der Waals surface area contributed by atoms with Gasteiger partial charge in [-0.1, -0.05) is 11.6 Å². The quantitative estimate of drug-likeness (QED) is 0.542. The van der Waals surface area contributed by atoms with E-state index in [1.807, 2.05) is 24.4 Å². The molecule has 0 bridgehead atoms. The fraction of sp³-hybridized carbons (Fsp3) is 0.500. The average molecular weight is 444 g/mol. The van der Waals surface area contributed by atoms with Crippen molar-refractivity contribution in [2.75, 3.05) is 49.6 Å². The van der Waals surface area contributed by atoms with Crippen molar-refractivity contribution < 1.29 is 4.74 Å². The summed E-state index contributed by atoms with van der Waals surface area (Å²) in [5.41, 5.74) is 1.17. The minimum atomic E-state index is 0.229. The fourth-order valence-electron chi connectivity index (χ4n) is 4.02. The van der Waals surface area contributed by atoms with E-state index in [1.165, 1.54) is 5.56 Å². The third-order valence-corrected chi connectivity index (χ3v) is 5.92. The summed E-state index contributed by atoms with van der Waals surface area (Å²) in [6, 6.07) is 8.19. The number of hydrogen-bond acceptors (Lipinski definition) is 6. The summed E-state index contributed by atoms with van der Waals surface area (Å²) >= 11 is 6.30. The van der Waals surface area contributed by atoms with Crippen LogP contribution >= 0.6 is 11.6 Å². The summed E-state index contributed by atoms with van der Waals surface area (Å²) in [6.07, 6.45) is 4.88. The molecule has 0 aliphatic carbocycles. The predicted octanol–water partition coefficient (Wildman–Crippen LogP) is 2.30. The summed E-state index contributed by atoms with van der Waals surface area (Å²) in [4.78, 5) is 17.9. The van der Waals surface area contributed by atoms with Gasteiger partial charge in [0.15, 0.2) is 5.96 Å². The summed E-state index contributed by atoms with van der Waals surface area (Å²) in [5, 5.41) is 7.64. The van der Waals surface area contributed by atoms with Crippen LogP contribution in [0.4, 0.5) is 11.6 Å². The van der Waals surface area contributed by atoms with Crippen molar-refractivity contribution in [3.63, 3.8) is 0 Å². The molecular formula is C22H30ClN7O. The van der Waals surface area contributed by atoms with Gasteiger partial charge in [0.1, 0.15) is 11.6 Å². The van der Waals surface area contributed by atoms with Gasteiger partial charge in [-0.25, -0.2) is 9.97 Å². The molecule has 2 N–H and O–H groups in total. The first-order chi connectivity index (χ1) is 15.1. The highest BCUT2D eigenvalue weighted by Gasteiger charge is 2.25. The Bertz CT molecular complexity index is 909. The molecule has 2 aromatic heterocycles. The number of rotatable bonds is 5. The topological polar surface area (TPSA) is 77.9 Å². The normalized spacial score (nSPS) is 22.0. The van der Waals surface area contributed by atoms with Crippen LogP contribution in [0, 0.1) is 0 Å². The summed E-state index contributed by atoms with van der Waals surface area (Å²) in [5.74, 6) is 2.63. The van der Waals surface area contributed by atoms with Crippen LogP contribution in [0.5, 0.6) is 0 Å². The highest BCUT2D eigenvalue weighted by Crippen LogP contribution is 2.25. The van der Waals surface area contributed by atoms with Crippen LogP contribution in [0.2, 0.25) is 5.02 Å². The second kappa shape index (κ2) is 10.2. The van der Waals surface area contributed by atoms with E-state index in [1.54, 1.807) is 13.2 Å². The Hall–Kier alpha value is -2.58. The van der Waals surface area contributed by atoms with E-state index in [2.05, 4.69) is 48.4 Å². The highest BCUT2D eigenvalue weighted by molar-refractivity contribution is 6.32. The van der Waals surface area contributed by atoms with Gasteiger partial charge in [-0.15, -0.1) is 0 Å². The number of aliphatic imine (C=N–C) groups is 1. The van der Waals surface area contributed by atoms with Gasteiger partial charge in [-0.05, 0) is 43.2 Å². The Labute approximate surface area is 188 Å². The number of aromatic nitrogens is 2. The lowest BCUT2D eigenvalue weighted by Crippen LogP contribution is -2.44. The van der Waals surface area contributed by atoms with E-state index in [0.717, 1.165) is 56.8 Å². The number of pyridine rings is 2. The molecule has 0 amide bonds. The monoisotopic (exact) mass is 443 g/mol. The number of halogens is 1. The molecule has 0 aromatic carbocycles. The molecule has 2 atom stereocenters. The van der Waals surface area contributed by atoms with Crippen molar-refractivity contribution in [3.8, 4) is 0 Å². The average Bonchev–Trinajstić information content (AvgIpc) is 3.25. The first kappa shape index (κ1) is 21.6. The molecule has 31 heavy (non-hydrogen) atoms. The van der Waals surface area contributed by atoms with Crippen LogP contribution in [-0.2, 0) is 11.3 Å². The van der Waals surface area contributed by atoms with Gasteiger partial charge in [0, 0.05) is 58.2 Å². The molecule has 2 aromatic rings. The minimum Gasteiger partial charge on any atom is -0.375 e. The molecule has 9 heteroatoms. The number of guanidine groups is 1. The van der Waals surface area contributed by atoms with Crippen LogP contribution in [0.15, 0.2) is 41.7 Å². The Balaban J connectivity index is 1.30. The SMILES string of the molecule is CN=C(NCc1ccnc(N2CCOC(C)C2)c1)NC1CCN(c2ncccc2Cl)C1. The zero-order valence-electron chi connectivity index (χ0n) is 18.1. The molecule has 2 aliphatic rings. The third kappa shape index (κ3) is 5.57. The van der Waals surface area contributed by atoms with Crippen molar-refractivity contribution in [2.24, 2.45) is 4.99 Å². The zero-order chi connectivity index (χ0) is 21.6.